The van der Waals surface area contributed by atoms with E-state index in [1.165, 1.54) is 6.92 Å². The molecule has 3 N–H and O–H groups in total. The zero-order valence-corrected chi connectivity index (χ0v) is 8.75. The van der Waals surface area contributed by atoms with E-state index in [0.717, 1.165) is 9.26 Å². The lowest BCUT2D eigenvalue weighted by Crippen LogP contribution is -2.07. The van der Waals surface area contributed by atoms with Crippen molar-refractivity contribution in [3.05, 3.63) is 21.8 Å². The highest BCUT2D eigenvalue weighted by atomic mass is 127. The highest BCUT2D eigenvalue weighted by molar-refractivity contribution is 14.1. The summed E-state index contributed by atoms with van der Waals surface area (Å²) in [4.78, 5) is 10.7. The second-order valence-corrected chi connectivity index (χ2v) is 3.47. The second kappa shape index (κ2) is 3.75. The van der Waals surface area contributed by atoms with E-state index >= 15 is 0 Å². The first-order chi connectivity index (χ1) is 5.61. The number of nitrogens with two attached hydrogens (primary N) is 1. The zero-order valence-electron chi connectivity index (χ0n) is 6.60. The van der Waals surface area contributed by atoms with Gasteiger partial charge in [0.15, 0.2) is 0 Å². The van der Waals surface area contributed by atoms with Crippen molar-refractivity contribution < 1.29 is 4.79 Å². The molecule has 0 atom stereocenters. The summed E-state index contributed by atoms with van der Waals surface area (Å²) < 4.78 is 0.880. The standard InChI is InChI=1S/C8H9IN2O/c1-5(12)11-7-4-2-3-6(10)8(7)9/h2-4H,10H2,1H3,(H,11,12). The van der Waals surface area contributed by atoms with Crippen LogP contribution in [0.15, 0.2) is 18.2 Å². The number of halogens is 1. The molecule has 0 bridgehead atoms. The van der Waals surface area contributed by atoms with Gasteiger partial charge in [0, 0.05) is 12.6 Å². The molecule has 1 rings (SSSR count). The van der Waals surface area contributed by atoms with Crippen LogP contribution in [0, 0.1) is 3.57 Å². The van der Waals surface area contributed by atoms with E-state index < -0.39 is 0 Å². The highest BCUT2D eigenvalue weighted by Crippen LogP contribution is 2.23. The van der Waals surface area contributed by atoms with Crippen LogP contribution in [0.2, 0.25) is 0 Å². The number of anilines is 2. The van der Waals surface area contributed by atoms with Crippen LogP contribution in [-0.2, 0) is 4.79 Å². The first-order valence-corrected chi connectivity index (χ1v) is 4.50. The van der Waals surface area contributed by atoms with Gasteiger partial charge >= 0.3 is 0 Å². The lowest BCUT2D eigenvalue weighted by Gasteiger charge is -2.06. The van der Waals surface area contributed by atoms with E-state index in [1.807, 2.05) is 12.1 Å². The predicted molar refractivity (Wildman–Crippen MR) is 57.9 cm³/mol. The van der Waals surface area contributed by atoms with Crippen LogP contribution < -0.4 is 11.1 Å². The van der Waals surface area contributed by atoms with Crippen molar-refractivity contribution in [3.63, 3.8) is 0 Å². The SMILES string of the molecule is CC(=O)Nc1cccc(N)c1I. The van der Waals surface area contributed by atoms with Gasteiger partial charge in [0.25, 0.3) is 0 Å². The fraction of sp³-hybridized carbons (Fsp3) is 0.125. The number of carbonyl (C=O) groups excluding carboxylic acids is 1. The summed E-state index contributed by atoms with van der Waals surface area (Å²) in [5.41, 5.74) is 7.09. The Morgan fingerprint density at radius 1 is 1.58 bits per heavy atom. The molecular formula is C8H9IN2O. The Morgan fingerprint density at radius 3 is 2.83 bits per heavy atom. The van der Waals surface area contributed by atoms with Gasteiger partial charge in [-0.25, -0.2) is 0 Å². The summed E-state index contributed by atoms with van der Waals surface area (Å²) in [5.74, 6) is -0.0847. The van der Waals surface area contributed by atoms with Crippen LogP contribution in [0.5, 0.6) is 0 Å². The molecule has 1 amide bonds. The van der Waals surface area contributed by atoms with Crippen LogP contribution in [-0.4, -0.2) is 5.91 Å². The predicted octanol–water partition coefficient (Wildman–Crippen LogP) is 1.83. The molecule has 0 radical (unpaired) electrons. The minimum atomic E-state index is -0.0847. The Hall–Kier alpha value is -0.780. The van der Waals surface area contributed by atoms with E-state index in [0.29, 0.717) is 5.69 Å². The molecule has 3 nitrogen and oxygen atoms in total. The molecule has 0 aliphatic carbocycles. The number of rotatable bonds is 1. The van der Waals surface area contributed by atoms with Gasteiger partial charge in [-0.3, -0.25) is 4.79 Å². The Bertz CT molecular complexity index is 312. The molecule has 1 aromatic carbocycles. The topological polar surface area (TPSA) is 55.1 Å². The monoisotopic (exact) mass is 276 g/mol. The van der Waals surface area contributed by atoms with Crippen molar-refractivity contribution in [2.75, 3.05) is 11.1 Å². The Morgan fingerprint density at radius 2 is 2.25 bits per heavy atom. The average molecular weight is 276 g/mol. The maximum atomic E-state index is 10.7. The summed E-state index contributed by atoms with van der Waals surface area (Å²) in [6.45, 7) is 1.47. The van der Waals surface area contributed by atoms with Crippen molar-refractivity contribution in [1.82, 2.24) is 0 Å². The molecule has 64 valence electrons. The van der Waals surface area contributed by atoms with Crippen molar-refractivity contribution >= 4 is 39.9 Å². The molecule has 0 saturated heterocycles. The van der Waals surface area contributed by atoms with Crippen molar-refractivity contribution in [2.24, 2.45) is 0 Å². The highest BCUT2D eigenvalue weighted by Gasteiger charge is 2.02. The summed E-state index contributed by atoms with van der Waals surface area (Å²) in [6, 6.07) is 5.43. The molecule has 0 fully saturated rings. The lowest BCUT2D eigenvalue weighted by atomic mass is 10.3. The van der Waals surface area contributed by atoms with Gasteiger partial charge in [-0.05, 0) is 34.7 Å². The van der Waals surface area contributed by atoms with Crippen LogP contribution in [0.3, 0.4) is 0 Å². The first kappa shape index (κ1) is 9.31. The average Bonchev–Trinajstić information content (AvgIpc) is 1.98. The smallest absolute Gasteiger partial charge is 0.221 e. The Kier molecular flexibility index (Phi) is 2.91. The van der Waals surface area contributed by atoms with Gasteiger partial charge in [-0.1, -0.05) is 6.07 Å². The number of hydrogen-bond acceptors (Lipinski definition) is 2. The van der Waals surface area contributed by atoms with Gasteiger partial charge in [0.05, 0.1) is 9.26 Å². The van der Waals surface area contributed by atoms with Gasteiger partial charge in [0.1, 0.15) is 0 Å². The molecule has 0 saturated carbocycles. The van der Waals surface area contributed by atoms with Gasteiger partial charge in [-0.2, -0.15) is 0 Å². The Labute approximate surface area is 84.5 Å². The normalized spacial score (nSPS) is 9.50. The maximum absolute atomic E-state index is 10.7. The van der Waals surface area contributed by atoms with Gasteiger partial charge in [-0.15, -0.1) is 0 Å². The number of nitrogen functional groups attached to an aromatic ring is 1. The lowest BCUT2D eigenvalue weighted by molar-refractivity contribution is -0.114. The number of nitrogens with one attached hydrogen (secondary N) is 1. The minimum absolute atomic E-state index is 0.0847. The van der Waals surface area contributed by atoms with Crippen molar-refractivity contribution in [2.45, 2.75) is 6.92 Å². The largest absolute Gasteiger partial charge is 0.398 e. The molecule has 0 aromatic heterocycles. The number of hydrogen-bond donors (Lipinski definition) is 2. The molecule has 12 heavy (non-hydrogen) atoms. The van der Waals surface area contributed by atoms with Gasteiger partial charge in [0.2, 0.25) is 5.91 Å². The van der Waals surface area contributed by atoms with E-state index in [9.17, 15) is 4.79 Å². The molecule has 1 aromatic rings. The molecule has 0 aliphatic heterocycles. The maximum Gasteiger partial charge on any atom is 0.221 e. The number of benzene rings is 1. The number of carbonyl (C=O) groups is 1. The van der Waals surface area contributed by atoms with Gasteiger partial charge < -0.3 is 11.1 Å². The quantitative estimate of drug-likeness (QED) is 0.607. The van der Waals surface area contributed by atoms with Crippen LogP contribution in [0.4, 0.5) is 11.4 Å². The van der Waals surface area contributed by atoms with E-state index in [2.05, 4.69) is 27.9 Å². The molecule has 0 spiro atoms. The van der Waals surface area contributed by atoms with Crippen molar-refractivity contribution in [1.29, 1.82) is 0 Å². The molecule has 0 heterocycles. The first-order valence-electron chi connectivity index (χ1n) is 3.43. The zero-order chi connectivity index (χ0) is 9.14. The van der Waals surface area contributed by atoms with E-state index in [4.69, 9.17) is 5.73 Å². The minimum Gasteiger partial charge on any atom is -0.398 e. The Balaban J connectivity index is 3.00. The summed E-state index contributed by atoms with van der Waals surface area (Å²) in [7, 11) is 0. The summed E-state index contributed by atoms with van der Waals surface area (Å²) in [6.07, 6.45) is 0. The fourth-order valence-electron chi connectivity index (χ4n) is 0.836. The van der Waals surface area contributed by atoms with Crippen molar-refractivity contribution in [3.8, 4) is 0 Å². The molecule has 4 heteroatoms. The summed E-state index contributed by atoms with van der Waals surface area (Å²) >= 11 is 2.10. The third-order valence-corrected chi connectivity index (χ3v) is 2.54. The second-order valence-electron chi connectivity index (χ2n) is 2.39. The molecule has 0 aliphatic rings. The summed E-state index contributed by atoms with van der Waals surface area (Å²) in [5, 5.41) is 2.69. The number of amides is 1. The van der Waals surface area contributed by atoms with E-state index in [-0.39, 0.29) is 5.91 Å². The third kappa shape index (κ3) is 2.10. The third-order valence-electron chi connectivity index (χ3n) is 1.34. The van der Waals surface area contributed by atoms with E-state index in [1.54, 1.807) is 6.07 Å². The van der Waals surface area contributed by atoms with Crippen LogP contribution in [0.25, 0.3) is 0 Å². The van der Waals surface area contributed by atoms with Crippen LogP contribution >= 0.6 is 22.6 Å². The van der Waals surface area contributed by atoms with Crippen LogP contribution in [0.1, 0.15) is 6.92 Å². The molecule has 0 unspecified atom stereocenters. The fourth-order valence-corrected chi connectivity index (χ4v) is 1.33. The molecular weight excluding hydrogens is 267 g/mol.